The van der Waals surface area contributed by atoms with Crippen molar-refractivity contribution in [3.05, 3.63) is 48.3 Å². The summed E-state index contributed by atoms with van der Waals surface area (Å²) < 4.78 is 1.88. The third-order valence-corrected chi connectivity index (χ3v) is 5.24. The summed E-state index contributed by atoms with van der Waals surface area (Å²) in [5.41, 5.74) is 2.05. The van der Waals surface area contributed by atoms with Gasteiger partial charge in [0, 0.05) is 31.2 Å². The molecule has 2 saturated carbocycles. The largest absolute Gasteiger partial charge is 0.338 e. The van der Waals surface area contributed by atoms with Crippen molar-refractivity contribution in [2.75, 3.05) is 6.54 Å². The van der Waals surface area contributed by atoms with E-state index in [1.54, 1.807) is 0 Å². The minimum Gasteiger partial charge on any atom is -0.338 e. The fourth-order valence-corrected chi connectivity index (χ4v) is 3.45. The molecule has 0 radical (unpaired) electrons. The van der Waals surface area contributed by atoms with Gasteiger partial charge in [0.1, 0.15) is 0 Å². The quantitative estimate of drug-likeness (QED) is 0.841. The van der Waals surface area contributed by atoms with E-state index in [0.717, 1.165) is 30.6 Å². The third kappa shape index (κ3) is 3.86. The lowest BCUT2D eigenvalue weighted by Gasteiger charge is -2.29. The molecule has 1 aromatic heterocycles. The van der Waals surface area contributed by atoms with E-state index in [4.69, 9.17) is 0 Å². The van der Waals surface area contributed by atoms with E-state index in [1.165, 1.54) is 12.8 Å². The Balaban J connectivity index is 1.30. The van der Waals surface area contributed by atoms with Gasteiger partial charge in [-0.05, 0) is 56.7 Å². The molecular weight excluding hydrogens is 312 g/mol. The van der Waals surface area contributed by atoms with Crippen molar-refractivity contribution in [2.24, 2.45) is 5.92 Å². The van der Waals surface area contributed by atoms with Crippen molar-refractivity contribution >= 4 is 6.03 Å². The maximum absolute atomic E-state index is 12.6. The molecule has 5 heteroatoms. The Morgan fingerprint density at radius 3 is 2.68 bits per heavy atom. The minimum absolute atomic E-state index is 0.101. The zero-order valence-electron chi connectivity index (χ0n) is 14.8. The van der Waals surface area contributed by atoms with Crippen LogP contribution in [0.4, 0.5) is 4.79 Å². The van der Waals surface area contributed by atoms with Gasteiger partial charge in [-0.1, -0.05) is 18.2 Å². The summed E-state index contributed by atoms with van der Waals surface area (Å²) in [6.07, 6.45) is 7.58. The van der Waals surface area contributed by atoms with Gasteiger partial charge in [-0.3, -0.25) is 0 Å². The van der Waals surface area contributed by atoms with Gasteiger partial charge in [-0.25, -0.2) is 9.48 Å². The van der Waals surface area contributed by atoms with Crippen LogP contribution >= 0.6 is 0 Å². The molecule has 2 aliphatic rings. The number of carbonyl (C=O) groups excluding carboxylic acids is 1. The van der Waals surface area contributed by atoms with Gasteiger partial charge >= 0.3 is 6.03 Å². The molecule has 5 nitrogen and oxygen atoms in total. The highest BCUT2D eigenvalue weighted by Gasteiger charge is 2.41. The van der Waals surface area contributed by atoms with Crippen LogP contribution in [0.2, 0.25) is 0 Å². The molecule has 2 fully saturated rings. The molecule has 1 atom stereocenters. The van der Waals surface area contributed by atoms with E-state index in [1.807, 2.05) is 47.3 Å². The van der Waals surface area contributed by atoms with E-state index in [2.05, 4.69) is 22.2 Å². The number of urea groups is 1. The Hall–Kier alpha value is -2.30. The van der Waals surface area contributed by atoms with Gasteiger partial charge in [-0.2, -0.15) is 5.10 Å². The van der Waals surface area contributed by atoms with Gasteiger partial charge in [0.2, 0.25) is 0 Å². The maximum atomic E-state index is 12.6. The lowest BCUT2D eigenvalue weighted by Crippen LogP contribution is -2.47. The van der Waals surface area contributed by atoms with E-state index in [-0.39, 0.29) is 6.03 Å². The number of benzene rings is 1. The predicted octanol–water partition coefficient (Wildman–Crippen LogP) is 3.39. The fourth-order valence-electron chi connectivity index (χ4n) is 3.45. The first-order chi connectivity index (χ1) is 12.2. The molecule has 2 amide bonds. The molecule has 0 aliphatic heterocycles. The highest BCUT2D eigenvalue weighted by atomic mass is 16.2. The first kappa shape index (κ1) is 16.2. The predicted molar refractivity (Wildman–Crippen MR) is 97.7 cm³/mol. The second kappa shape index (κ2) is 6.90. The van der Waals surface area contributed by atoms with E-state index < -0.39 is 0 Å². The number of aromatic nitrogens is 2. The second-order valence-electron chi connectivity index (χ2n) is 7.29. The molecule has 0 unspecified atom stereocenters. The molecule has 1 aromatic carbocycles. The molecule has 0 saturated heterocycles. The van der Waals surface area contributed by atoms with Crippen molar-refractivity contribution in [1.82, 2.24) is 20.0 Å². The average Bonchev–Trinajstić information content (AvgIpc) is 3.55. The van der Waals surface area contributed by atoms with Crippen LogP contribution in [-0.4, -0.2) is 39.3 Å². The Kier molecular flexibility index (Phi) is 4.47. The summed E-state index contributed by atoms with van der Waals surface area (Å²) >= 11 is 0. The van der Waals surface area contributed by atoms with Crippen molar-refractivity contribution in [3.63, 3.8) is 0 Å². The van der Waals surface area contributed by atoms with Crippen LogP contribution in [-0.2, 0) is 6.42 Å². The number of para-hydroxylation sites is 1. The number of nitrogens with one attached hydrogen (secondary N) is 1. The SMILES string of the molecule is C[C@H](C1CC1)N(C(=O)NCCc1ccn(-c2ccccc2)n1)C1CC1. The van der Waals surface area contributed by atoms with Crippen molar-refractivity contribution in [3.8, 4) is 5.69 Å². The van der Waals surface area contributed by atoms with Crippen LogP contribution in [0.5, 0.6) is 0 Å². The van der Waals surface area contributed by atoms with Gasteiger partial charge in [-0.15, -0.1) is 0 Å². The summed E-state index contributed by atoms with van der Waals surface area (Å²) in [5, 5.41) is 7.70. The summed E-state index contributed by atoms with van der Waals surface area (Å²) in [6, 6.07) is 13.0. The van der Waals surface area contributed by atoms with Crippen molar-refractivity contribution in [2.45, 2.75) is 51.1 Å². The number of amides is 2. The zero-order chi connectivity index (χ0) is 17.2. The van der Waals surface area contributed by atoms with Crippen LogP contribution in [0.15, 0.2) is 42.6 Å². The normalized spacial score (nSPS) is 18.0. The number of carbonyl (C=O) groups is 1. The number of hydrogen-bond acceptors (Lipinski definition) is 2. The first-order valence-corrected chi connectivity index (χ1v) is 9.38. The summed E-state index contributed by atoms with van der Waals surface area (Å²) in [6.45, 7) is 2.84. The molecule has 0 spiro atoms. The molecular formula is C20H26N4O. The standard InChI is InChI=1S/C20H26N4O/c1-15(16-7-8-16)24(19-9-10-19)20(25)21-13-11-17-12-14-23(22-17)18-5-3-2-4-6-18/h2-6,12,14-16,19H,7-11,13H2,1H3,(H,21,25)/t15-/m1/s1. The monoisotopic (exact) mass is 338 g/mol. The lowest BCUT2D eigenvalue weighted by molar-refractivity contribution is 0.167. The first-order valence-electron chi connectivity index (χ1n) is 9.38. The Morgan fingerprint density at radius 1 is 1.24 bits per heavy atom. The molecule has 1 heterocycles. The number of nitrogens with zero attached hydrogens (tertiary/aromatic N) is 3. The third-order valence-electron chi connectivity index (χ3n) is 5.24. The maximum Gasteiger partial charge on any atom is 0.317 e. The number of rotatable bonds is 7. The Morgan fingerprint density at radius 2 is 2.00 bits per heavy atom. The summed E-state index contributed by atoms with van der Waals surface area (Å²) in [5.74, 6) is 0.716. The molecule has 132 valence electrons. The Bertz CT molecular complexity index is 718. The van der Waals surface area contributed by atoms with Gasteiger partial charge in [0.15, 0.2) is 0 Å². The average molecular weight is 338 g/mol. The second-order valence-corrected chi connectivity index (χ2v) is 7.29. The van der Waals surface area contributed by atoms with E-state index in [0.29, 0.717) is 24.5 Å². The van der Waals surface area contributed by atoms with Crippen LogP contribution < -0.4 is 5.32 Å². The zero-order valence-corrected chi connectivity index (χ0v) is 14.8. The summed E-state index contributed by atoms with van der Waals surface area (Å²) in [7, 11) is 0. The van der Waals surface area contributed by atoms with Crippen LogP contribution in [0, 0.1) is 5.92 Å². The smallest absolute Gasteiger partial charge is 0.317 e. The molecule has 25 heavy (non-hydrogen) atoms. The van der Waals surface area contributed by atoms with Gasteiger partial charge < -0.3 is 10.2 Å². The van der Waals surface area contributed by atoms with Crippen LogP contribution in [0.3, 0.4) is 0 Å². The van der Waals surface area contributed by atoms with Crippen molar-refractivity contribution < 1.29 is 4.79 Å². The minimum atomic E-state index is 0.101. The molecule has 0 bridgehead atoms. The van der Waals surface area contributed by atoms with Gasteiger partial charge in [0.25, 0.3) is 0 Å². The highest BCUT2D eigenvalue weighted by molar-refractivity contribution is 5.75. The van der Waals surface area contributed by atoms with Crippen LogP contribution in [0.25, 0.3) is 5.69 Å². The summed E-state index contributed by atoms with van der Waals surface area (Å²) in [4.78, 5) is 14.7. The molecule has 2 aromatic rings. The Labute approximate surface area is 149 Å². The molecule has 4 rings (SSSR count). The number of hydrogen-bond donors (Lipinski definition) is 1. The van der Waals surface area contributed by atoms with Crippen molar-refractivity contribution in [1.29, 1.82) is 0 Å². The topological polar surface area (TPSA) is 50.2 Å². The van der Waals surface area contributed by atoms with E-state index in [9.17, 15) is 4.79 Å². The fraction of sp³-hybridized carbons (Fsp3) is 0.500. The molecule has 1 N–H and O–H groups in total. The highest BCUT2D eigenvalue weighted by Crippen LogP contribution is 2.39. The van der Waals surface area contributed by atoms with Gasteiger partial charge in [0.05, 0.1) is 11.4 Å². The lowest BCUT2D eigenvalue weighted by atomic mass is 10.2. The van der Waals surface area contributed by atoms with E-state index >= 15 is 0 Å². The van der Waals surface area contributed by atoms with Crippen LogP contribution in [0.1, 0.15) is 38.3 Å². The molecule has 2 aliphatic carbocycles.